The van der Waals surface area contributed by atoms with Crippen molar-refractivity contribution in [2.24, 2.45) is 11.7 Å². The Kier molecular flexibility index (Phi) is 7.79. The molecule has 1 unspecified atom stereocenters. The molecule has 22 heavy (non-hydrogen) atoms. The van der Waals surface area contributed by atoms with Gasteiger partial charge in [-0.05, 0) is 25.3 Å². The number of hydrogen-bond acceptors (Lipinski definition) is 4. The van der Waals surface area contributed by atoms with Crippen LogP contribution in [-0.2, 0) is 0 Å². The minimum Gasteiger partial charge on any atom is -0.346 e. The Bertz CT molecular complexity index is 552. The van der Waals surface area contributed by atoms with Crippen LogP contribution in [0.1, 0.15) is 37.6 Å². The number of carbonyl (C=O) groups is 1. The average molecular weight is 350 g/mol. The van der Waals surface area contributed by atoms with E-state index < -0.39 is 10.5 Å². The van der Waals surface area contributed by atoms with Crippen molar-refractivity contribution >= 4 is 35.6 Å². The van der Waals surface area contributed by atoms with E-state index in [0.717, 1.165) is 6.42 Å². The zero-order valence-corrected chi connectivity index (χ0v) is 14.3. The Hall–Kier alpha value is -1.37. The van der Waals surface area contributed by atoms with E-state index in [0.29, 0.717) is 12.5 Å². The Balaban J connectivity index is 0.00000441. The standard InChI is InChI=1S/C14H20ClN3O3.ClH/c1-9(2)7-14(3,8-16)17-13(19)11-5-4-10(18(20)21)6-12(11)15;/h4-6,9H,7-8,16H2,1-3H3,(H,17,19);1H. The van der Waals surface area contributed by atoms with E-state index in [4.69, 9.17) is 17.3 Å². The number of benzene rings is 1. The number of hydrogen-bond donors (Lipinski definition) is 2. The maximum atomic E-state index is 12.3. The molecule has 0 aliphatic carbocycles. The zero-order valence-electron chi connectivity index (χ0n) is 12.8. The van der Waals surface area contributed by atoms with Gasteiger partial charge in [0.1, 0.15) is 0 Å². The first-order valence-corrected chi connectivity index (χ1v) is 7.03. The van der Waals surface area contributed by atoms with E-state index in [9.17, 15) is 14.9 Å². The molecule has 0 aromatic heterocycles. The van der Waals surface area contributed by atoms with Crippen molar-refractivity contribution in [3.8, 4) is 0 Å². The molecule has 1 rings (SSSR count). The molecule has 0 aliphatic rings. The van der Waals surface area contributed by atoms with Gasteiger partial charge in [-0.15, -0.1) is 12.4 Å². The van der Waals surface area contributed by atoms with E-state index in [1.807, 2.05) is 20.8 Å². The summed E-state index contributed by atoms with van der Waals surface area (Å²) in [4.78, 5) is 22.4. The van der Waals surface area contributed by atoms with Crippen molar-refractivity contribution in [1.29, 1.82) is 0 Å². The lowest BCUT2D eigenvalue weighted by Crippen LogP contribution is -2.52. The number of halogens is 2. The molecular formula is C14H21Cl2N3O3. The van der Waals surface area contributed by atoms with Crippen molar-refractivity contribution in [3.05, 3.63) is 38.9 Å². The molecule has 8 heteroatoms. The van der Waals surface area contributed by atoms with Crippen LogP contribution in [0.5, 0.6) is 0 Å². The van der Waals surface area contributed by atoms with Crippen LogP contribution in [0.3, 0.4) is 0 Å². The highest BCUT2D eigenvalue weighted by Gasteiger charge is 2.27. The van der Waals surface area contributed by atoms with Gasteiger partial charge in [-0.1, -0.05) is 25.4 Å². The topological polar surface area (TPSA) is 98.3 Å². The first-order valence-electron chi connectivity index (χ1n) is 6.65. The Morgan fingerprint density at radius 1 is 1.50 bits per heavy atom. The molecule has 0 fully saturated rings. The number of nitro benzene ring substituents is 1. The van der Waals surface area contributed by atoms with Gasteiger partial charge in [-0.2, -0.15) is 0 Å². The van der Waals surface area contributed by atoms with Crippen LogP contribution in [0.4, 0.5) is 5.69 Å². The second kappa shape index (κ2) is 8.31. The van der Waals surface area contributed by atoms with Crippen molar-refractivity contribution in [2.75, 3.05) is 6.54 Å². The number of nitrogens with zero attached hydrogens (tertiary/aromatic N) is 1. The van der Waals surface area contributed by atoms with Crippen molar-refractivity contribution < 1.29 is 9.72 Å². The second-order valence-corrected chi connectivity index (χ2v) is 6.15. The lowest BCUT2D eigenvalue weighted by Gasteiger charge is -2.31. The van der Waals surface area contributed by atoms with Gasteiger partial charge in [-0.3, -0.25) is 14.9 Å². The zero-order chi connectivity index (χ0) is 16.2. The van der Waals surface area contributed by atoms with E-state index in [-0.39, 0.29) is 34.6 Å². The third-order valence-electron chi connectivity index (χ3n) is 3.13. The molecule has 0 saturated heterocycles. The normalized spacial score (nSPS) is 13.2. The molecule has 0 radical (unpaired) electrons. The van der Waals surface area contributed by atoms with Crippen LogP contribution in [0.15, 0.2) is 18.2 Å². The quantitative estimate of drug-likeness (QED) is 0.608. The minimum absolute atomic E-state index is 0. The highest BCUT2D eigenvalue weighted by molar-refractivity contribution is 6.34. The van der Waals surface area contributed by atoms with E-state index >= 15 is 0 Å². The summed E-state index contributed by atoms with van der Waals surface area (Å²) in [5, 5.41) is 13.6. The molecule has 1 amide bonds. The largest absolute Gasteiger partial charge is 0.346 e. The van der Waals surface area contributed by atoms with Gasteiger partial charge < -0.3 is 11.1 Å². The van der Waals surface area contributed by atoms with Gasteiger partial charge in [0.25, 0.3) is 11.6 Å². The van der Waals surface area contributed by atoms with E-state index in [2.05, 4.69) is 5.32 Å². The first kappa shape index (κ1) is 20.6. The van der Waals surface area contributed by atoms with Crippen LogP contribution in [-0.4, -0.2) is 22.9 Å². The molecule has 6 nitrogen and oxygen atoms in total. The van der Waals surface area contributed by atoms with Gasteiger partial charge in [-0.25, -0.2) is 0 Å². The lowest BCUT2D eigenvalue weighted by atomic mass is 9.90. The summed E-state index contributed by atoms with van der Waals surface area (Å²) in [5.74, 6) is -0.0188. The maximum Gasteiger partial charge on any atom is 0.270 e. The molecule has 0 spiro atoms. The second-order valence-electron chi connectivity index (χ2n) is 5.74. The summed E-state index contributed by atoms with van der Waals surface area (Å²) < 4.78 is 0. The molecular weight excluding hydrogens is 329 g/mol. The molecule has 1 atom stereocenters. The fourth-order valence-corrected chi connectivity index (χ4v) is 2.49. The molecule has 124 valence electrons. The fourth-order valence-electron chi connectivity index (χ4n) is 2.23. The fraction of sp³-hybridized carbons (Fsp3) is 0.500. The summed E-state index contributed by atoms with van der Waals surface area (Å²) >= 11 is 5.95. The lowest BCUT2D eigenvalue weighted by molar-refractivity contribution is -0.384. The highest BCUT2D eigenvalue weighted by atomic mass is 35.5. The molecule has 1 aromatic rings. The number of nitro groups is 1. The third-order valence-corrected chi connectivity index (χ3v) is 3.45. The van der Waals surface area contributed by atoms with Gasteiger partial charge in [0, 0.05) is 24.2 Å². The van der Waals surface area contributed by atoms with Crippen molar-refractivity contribution in [1.82, 2.24) is 5.32 Å². The van der Waals surface area contributed by atoms with Crippen LogP contribution < -0.4 is 11.1 Å². The maximum absolute atomic E-state index is 12.3. The number of non-ortho nitro benzene ring substituents is 1. The first-order chi connectivity index (χ1) is 9.68. The van der Waals surface area contributed by atoms with Gasteiger partial charge >= 0.3 is 0 Å². The van der Waals surface area contributed by atoms with Crippen molar-refractivity contribution in [3.63, 3.8) is 0 Å². The Morgan fingerprint density at radius 2 is 2.09 bits per heavy atom. The molecule has 1 aromatic carbocycles. The smallest absolute Gasteiger partial charge is 0.270 e. The predicted molar refractivity (Wildman–Crippen MR) is 89.7 cm³/mol. The molecule has 0 saturated carbocycles. The monoisotopic (exact) mass is 349 g/mol. The molecule has 3 N–H and O–H groups in total. The Morgan fingerprint density at radius 3 is 2.50 bits per heavy atom. The van der Waals surface area contributed by atoms with Crippen LogP contribution in [0.25, 0.3) is 0 Å². The molecule has 0 aliphatic heterocycles. The summed E-state index contributed by atoms with van der Waals surface area (Å²) in [5.41, 5.74) is 5.25. The number of carbonyl (C=O) groups excluding carboxylic acids is 1. The van der Waals surface area contributed by atoms with Gasteiger partial charge in [0.2, 0.25) is 0 Å². The Labute approximate surface area is 141 Å². The van der Waals surface area contributed by atoms with Crippen LogP contribution >= 0.6 is 24.0 Å². The number of nitrogens with one attached hydrogen (secondary N) is 1. The number of amides is 1. The van der Waals surface area contributed by atoms with Crippen LogP contribution in [0.2, 0.25) is 5.02 Å². The van der Waals surface area contributed by atoms with Crippen LogP contribution in [0, 0.1) is 16.0 Å². The minimum atomic E-state index is -0.559. The summed E-state index contributed by atoms with van der Waals surface area (Å²) in [6, 6.07) is 3.77. The van der Waals surface area contributed by atoms with E-state index in [1.54, 1.807) is 0 Å². The van der Waals surface area contributed by atoms with Gasteiger partial charge in [0.15, 0.2) is 0 Å². The number of rotatable bonds is 6. The summed E-state index contributed by atoms with van der Waals surface area (Å²) in [7, 11) is 0. The third kappa shape index (κ3) is 5.44. The molecule has 0 heterocycles. The molecule has 0 bridgehead atoms. The van der Waals surface area contributed by atoms with E-state index in [1.165, 1.54) is 18.2 Å². The highest BCUT2D eigenvalue weighted by Crippen LogP contribution is 2.23. The van der Waals surface area contributed by atoms with Crippen molar-refractivity contribution in [2.45, 2.75) is 32.7 Å². The predicted octanol–water partition coefficient (Wildman–Crippen LogP) is 3.16. The summed E-state index contributed by atoms with van der Waals surface area (Å²) in [6.07, 6.45) is 0.722. The van der Waals surface area contributed by atoms with Gasteiger partial charge in [0.05, 0.1) is 15.5 Å². The average Bonchev–Trinajstić information content (AvgIpc) is 2.37. The summed E-state index contributed by atoms with van der Waals surface area (Å²) in [6.45, 7) is 6.24. The SMILES string of the molecule is CC(C)CC(C)(CN)NC(=O)c1ccc([N+](=O)[O-])cc1Cl.Cl. The number of nitrogens with two attached hydrogens (primary N) is 1.